The van der Waals surface area contributed by atoms with E-state index in [-0.39, 0.29) is 0 Å². The zero-order valence-corrected chi connectivity index (χ0v) is 12.8. The first kappa shape index (κ1) is 13.1. The maximum Gasteiger partial charge on any atom is 0.133 e. The second-order valence-corrected chi connectivity index (χ2v) is 5.55. The zero-order valence-electron chi connectivity index (χ0n) is 11.2. The molecule has 0 aliphatic heterocycles. The van der Waals surface area contributed by atoms with Crippen LogP contribution in [0.3, 0.4) is 0 Å². The SMILES string of the molecule is Cc1cc(CN(C)c2ccnc3cc(Br)cnc23)no1. The van der Waals surface area contributed by atoms with Gasteiger partial charge in [-0.15, -0.1) is 0 Å². The monoisotopic (exact) mass is 332 g/mol. The molecule has 0 atom stereocenters. The fraction of sp³-hybridized carbons (Fsp3) is 0.214. The van der Waals surface area contributed by atoms with E-state index in [0.29, 0.717) is 6.54 Å². The highest BCUT2D eigenvalue weighted by molar-refractivity contribution is 9.10. The molecular formula is C14H13BrN4O. The quantitative estimate of drug-likeness (QED) is 0.736. The summed E-state index contributed by atoms with van der Waals surface area (Å²) < 4.78 is 6.01. The van der Waals surface area contributed by atoms with Crippen molar-refractivity contribution in [2.24, 2.45) is 0 Å². The van der Waals surface area contributed by atoms with Gasteiger partial charge in [0.25, 0.3) is 0 Å². The Labute approximate surface area is 124 Å². The summed E-state index contributed by atoms with van der Waals surface area (Å²) in [6.45, 7) is 2.55. The number of aryl methyl sites for hydroxylation is 1. The molecule has 0 amide bonds. The summed E-state index contributed by atoms with van der Waals surface area (Å²) in [6, 6.07) is 5.85. The third kappa shape index (κ3) is 2.51. The van der Waals surface area contributed by atoms with E-state index in [2.05, 4.69) is 36.0 Å². The molecule has 0 aliphatic rings. The standard InChI is InChI=1S/C14H13BrN4O/c1-9-5-11(18-20-9)8-19(2)13-3-4-16-12-6-10(15)7-17-14(12)13/h3-7H,8H2,1-2H3. The van der Waals surface area contributed by atoms with Crippen molar-refractivity contribution in [1.29, 1.82) is 0 Å². The molecule has 0 saturated carbocycles. The first-order valence-corrected chi connectivity index (χ1v) is 6.96. The highest BCUT2D eigenvalue weighted by atomic mass is 79.9. The van der Waals surface area contributed by atoms with E-state index in [1.165, 1.54) is 0 Å². The Hall–Kier alpha value is -1.95. The van der Waals surface area contributed by atoms with Gasteiger partial charge in [-0.2, -0.15) is 0 Å². The fourth-order valence-electron chi connectivity index (χ4n) is 2.12. The Kier molecular flexibility index (Phi) is 3.40. The molecule has 0 saturated heterocycles. The first-order valence-electron chi connectivity index (χ1n) is 6.17. The molecule has 0 fully saturated rings. The number of pyridine rings is 2. The Morgan fingerprint density at radius 2 is 2.15 bits per heavy atom. The molecule has 0 bridgehead atoms. The van der Waals surface area contributed by atoms with Gasteiger partial charge in [-0.05, 0) is 35.0 Å². The largest absolute Gasteiger partial charge is 0.367 e. The van der Waals surface area contributed by atoms with Crippen LogP contribution in [0.2, 0.25) is 0 Å². The maximum atomic E-state index is 5.09. The number of hydrogen-bond acceptors (Lipinski definition) is 5. The van der Waals surface area contributed by atoms with Crippen molar-refractivity contribution in [1.82, 2.24) is 15.1 Å². The minimum Gasteiger partial charge on any atom is -0.367 e. The first-order chi connectivity index (χ1) is 9.63. The summed E-state index contributed by atoms with van der Waals surface area (Å²) in [5, 5.41) is 4.02. The van der Waals surface area contributed by atoms with Crippen molar-refractivity contribution < 1.29 is 4.52 Å². The van der Waals surface area contributed by atoms with Crippen LogP contribution in [-0.2, 0) is 6.54 Å². The number of aromatic nitrogens is 3. The number of anilines is 1. The summed E-state index contributed by atoms with van der Waals surface area (Å²) >= 11 is 3.41. The van der Waals surface area contributed by atoms with Crippen molar-refractivity contribution in [3.8, 4) is 0 Å². The number of halogens is 1. The van der Waals surface area contributed by atoms with Crippen LogP contribution < -0.4 is 4.90 Å². The van der Waals surface area contributed by atoms with Crippen LogP contribution in [-0.4, -0.2) is 22.2 Å². The van der Waals surface area contributed by atoms with E-state index < -0.39 is 0 Å². The topological polar surface area (TPSA) is 55.1 Å². The van der Waals surface area contributed by atoms with Crippen LogP contribution >= 0.6 is 15.9 Å². The van der Waals surface area contributed by atoms with Gasteiger partial charge in [0.2, 0.25) is 0 Å². The summed E-state index contributed by atoms with van der Waals surface area (Å²) in [5.41, 5.74) is 3.65. The van der Waals surface area contributed by atoms with E-state index in [1.807, 2.05) is 32.2 Å². The predicted molar refractivity (Wildman–Crippen MR) is 80.6 cm³/mol. The summed E-state index contributed by atoms with van der Waals surface area (Å²) in [4.78, 5) is 10.9. The summed E-state index contributed by atoms with van der Waals surface area (Å²) in [5.74, 6) is 0.815. The summed E-state index contributed by atoms with van der Waals surface area (Å²) in [7, 11) is 2.00. The van der Waals surface area contributed by atoms with Crippen molar-refractivity contribution in [2.75, 3.05) is 11.9 Å². The van der Waals surface area contributed by atoms with Crippen molar-refractivity contribution in [3.05, 3.63) is 46.5 Å². The molecule has 3 aromatic rings. The normalized spacial score (nSPS) is 10.9. The van der Waals surface area contributed by atoms with Crippen LogP contribution in [0.1, 0.15) is 11.5 Å². The second kappa shape index (κ2) is 5.20. The number of nitrogens with zero attached hydrogens (tertiary/aromatic N) is 4. The van der Waals surface area contributed by atoms with E-state index in [4.69, 9.17) is 4.52 Å². The molecule has 3 rings (SSSR count). The van der Waals surface area contributed by atoms with Crippen LogP contribution in [0, 0.1) is 6.92 Å². The molecule has 0 aliphatic carbocycles. The molecule has 0 radical (unpaired) electrons. The average molecular weight is 333 g/mol. The van der Waals surface area contributed by atoms with Gasteiger partial charge in [-0.3, -0.25) is 9.97 Å². The van der Waals surface area contributed by atoms with Gasteiger partial charge in [0.15, 0.2) is 0 Å². The minimum absolute atomic E-state index is 0.661. The molecule has 0 aromatic carbocycles. The second-order valence-electron chi connectivity index (χ2n) is 4.64. The van der Waals surface area contributed by atoms with Crippen LogP contribution in [0.5, 0.6) is 0 Å². The van der Waals surface area contributed by atoms with Crippen molar-refractivity contribution in [3.63, 3.8) is 0 Å². The number of hydrogen-bond donors (Lipinski definition) is 0. The number of rotatable bonds is 3. The molecule has 102 valence electrons. The van der Waals surface area contributed by atoms with E-state index in [0.717, 1.165) is 32.6 Å². The zero-order chi connectivity index (χ0) is 14.1. The predicted octanol–water partition coefficient (Wildman–Crippen LogP) is 3.33. The third-order valence-corrected chi connectivity index (χ3v) is 3.44. The van der Waals surface area contributed by atoms with E-state index >= 15 is 0 Å². The van der Waals surface area contributed by atoms with Gasteiger partial charge in [0.05, 0.1) is 17.7 Å². The fourth-order valence-corrected chi connectivity index (χ4v) is 2.44. The minimum atomic E-state index is 0.661. The van der Waals surface area contributed by atoms with Crippen molar-refractivity contribution in [2.45, 2.75) is 13.5 Å². The molecular weight excluding hydrogens is 320 g/mol. The molecule has 3 aromatic heterocycles. The Morgan fingerprint density at radius 1 is 1.30 bits per heavy atom. The number of fused-ring (bicyclic) bond motifs is 1. The van der Waals surface area contributed by atoms with Gasteiger partial charge in [-0.25, -0.2) is 0 Å². The van der Waals surface area contributed by atoms with Crippen LogP contribution in [0.4, 0.5) is 5.69 Å². The van der Waals surface area contributed by atoms with E-state index in [9.17, 15) is 0 Å². The van der Waals surface area contributed by atoms with Crippen molar-refractivity contribution >= 4 is 32.7 Å². The molecule has 5 nitrogen and oxygen atoms in total. The Balaban J connectivity index is 1.96. The smallest absolute Gasteiger partial charge is 0.133 e. The van der Waals surface area contributed by atoms with Gasteiger partial charge in [0.1, 0.15) is 17.0 Å². The Morgan fingerprint density at radius 3 is 2.90 bits per heavy atom. The third-order valence-electron chi connectivity index (χ3n) is 3.01. The molecule has 0 unspecified atom stereocenters. The summed E-state index contributed by atoms with van der Waals surface area (Å²) in [6.07, 6.45) is 3.57. The van der Waals surface area contributed by atoms with Gasteiger partial charge in [0, 0.05) is 30.0 Å². The lowest BCUT2D eigenvalue weighted by molar-refractivity contribution is 0.390. The Bertz CT molecular complexity index is 756. The molecule has 0 spiro atoms. The average Bonchev–Trinajstić information content (AvgIpc) is 2.83. The molecule has 3 heterocycles. The lowest BCUT2D eigenvalue weighted by Crippen LogP contribution is -2.17. The van der Waals surface area contributed by atoms with Gasteiger partial charge >= 0.3 is 0 Å². The maximum absolute atomic E-state index is 5.09. The molecule has 0 N–H and O–H groups in total. The van der Waals surface area contributed by atoms with Gasteiger partial charge < -0.3 is 9.42 Å². The molecule has 6 heteroatoms. The van der Waals surface area contributed by atoms with E-state index in [1.54, 1.807) is 12.4 Å². The highest BCUT2D eigenvalue weighted by Crippen LogP contribution is 2.25. The van der Waals surface area contributed by atoms with Crippen LogP contribution in [0.25, 0.3) is 11.0 Å². The lowest BCUT2D eigenvalue weighted by atomic mass is 10.2. The van der Waals surface area contributed by atoms with Gasteiger partial charge in [-0.1, -0.05) is 5.16 Å². The van der Waals surface area contributed by atoms with Crippen LogP contribution in [0.15, 0.2) is 39.6 Å². The highest BCUT2D eigenvalue weighted by Gasteiger charge is 2.11. The lowest BCUT2D eigenvalue weighted by Gasteiger charge is -2.18. The molecule has 20 heavy (non-hydrogen) atoms.